The fourth-order valence-corrected chi connectivity index (χ4v) is 6.93. The molecule has 0 aliphatic heterocycles. The van der Waals surface area contributed by atoms with Gasteiger partial charge in [0.15, 0.2) is 0 Å². The predicted octanol–water partition coefficient (Wildman–Crippen LogP) is 4.58. The monoisotopic (exact) mass is 356 g/mol. The molecule has 0 nitrogen and oxygen atoms in total. The largest absolute Gasteiger partial charge is 0.386 e. The number of rotatable bonds is 5. The normalized spacial score (nSPS) is 12.0. The van der Waals surface area contributed by atoms with Crippen molar-refractivity contribution in [2.45, 2.75) is 12.5 Å². The van der Waals surface area contributed by atoms with Crippen LogP contribution in [0.15, 0.2) is 91.0 Å². The van der Waals surface area contributed by atoms with Crippen LogP contribution in [0.3, 0.4) is 0 Å². The van der Waals surface area contributed by atoms with Gasteiger partial charge >= 0.3 is 13.2 Å². The highest BCUT2D eigenvalue weighted by atomic mass is 31.2. The highest BCUT2D eigenvalue weighted by Crippen LogP contribution is 2.55. The van der Waals surface area contributed by atoms with Gasteiger partial charge < -0.3 is 0 Å². The lowest BCUT2D eigenvalue weighted by atomic mass is 10.0. The molecule has 0 aromatic heterocycles. The van der Waals surface area contributed by atoms with Crippen molar-refractivity contribution in [1.82, 2.24) is 0 Å². The molecule has 0 amide bonds. The molecule has 0 saturated heterocycles. The maximum Gasteiger partial charge on any atom is 0.386 e. The first kappa shape index (κ1) is 17.8. The smallest absolute Gasteiger partial charge is 0.172 e. The number of hydrogen-bond acceptors (Lipinski definition) is 0. The Morgan fingerprint density at radius 3 is 1.20 bits per heavy atom. The number of halogens is 3. The van der Waals surface area contributed by atoms with E-state index in [-0.39, 0.29) is 0 Å². The van der Waals surface area contributed by atoms with Crippen LogP contribution in [0.4, 0.5) is 13.2 Å². The zero-order valence-corrected chi connectivity index (χ0v) is 14.4. The molecule has 125 valence electrons. The van der Waals surface area contributed by atoms with Crippen molar-refractivity contribution in [1.29, 1.82) is 0 Å². The first-order chi connectivity index (χ1) is 12.0. The Kier molecular flexibility index (Phi) is 5.29. The molecule has 0 spiro atoms. The molecular formula is C20H17BF3P+. The van der Waals surface area contributed by atoms with Gasteiger partial charge in [0.1, 0.15) is 0 Å². The fraction of sp³-hybridized carbons (Fsp3) is 0.100. The van der Waals surface area contributed by atoms with Gasteiger partial charge in [0, 0.05) is 0 Å². The van der Waals surface area contributed by atoms with Crippen LogP contribution in [-0.4, -0.2) is 13.2 Å². The van der Waals surface area contributed by atoms with Gasteiger partial charge in [-0.05, 0) is 36.4 Å². The Morgan fingerprint density at radius 2 is 0.920 bits per heavy atom. The van der Waals surface area contributed by atoms with E-state index < -0.39 is 19.6 Å². The Bertz CT molecular complexity index is 693. The summed E-state index contributed by atoms with van der Waals surface area (Å²) in [5.41, 5.74) is 0. The summed E-state index contributed by atoms with van der Waals surface area (Å²) in [6, 6.07) is 28.6. The van der Waals surface area contributed by atoms with Gasteiger partial charge in [-0.25, -0.2) is 0 Å². The van der Waals surface area contributed by atoms with Crippen molar-refractivity contribution in [3.63, 3.8) is 0 Å². The van der Waals surface area contributed by atoms with Gasteiger partial charge in [0.05, 0.1) is 29.4 Å². The van der Waals surface area contributed by atoms with Crippen molar-refractivity contribution in [3.05, 3.63) is 91.0 Å². The third kappa shape index (κ3) is 3.96. The van der Waals surface area contributed by atoms with E-state index in [1.807, 2.05) is 91.0 Å². The summed E-state index contributed by atoms with van der Waals surface area (Å²) in [4.78, 5) is 0. The minimum absolute atomic E-state index is 0.917. The van der Waals surface area contributed by atoms with E-state index in [0.717, 1.165) is 15.9 Å². The molecule has 0 atom stereocenters. The zero-order chi connectivity index (χ0) is 17.8. The van der Waals surface area contributed by atoms with E-state index in [0.29, 0.717) is 0 Å². The molecule has 0 aliphatic rings. The molecule has 0 bridgehead atoms. The topological polar surface area (TPSA) is 0 Å². The van der Waals surface area contributed by atoms with Crippen molar-refractivity contribution >= 4 is 30.1 Å². The minimum atomic E-state index is -4.23. The lowest BCUT2D eigenvalue weighted by molar-refractivity contribution is -0.109. The average Bonchev–Trinajstić information content (AvgIpc) is 2.64. The molecule has 0 heterocycles. The second-order valence-corrected chi connectivity index (χ2v) is 9.09. The Labute approximate surface area is 147 Å². The Hall–Kier alpha value is -2.06. The summed E-state index contributed by atoms with van der Waals surface area (Å²) < 4.78 is 39.4. The van der Waals surface area contributed by atoms with Crippen LogP contribution in [0.2, 0.25) is 6.32 Å². The lowest BCUT2D eigenvalue weighted by Gasteiger charge is -2.27. The van der Waals surface area contributed by atoms with Gasteiger partial charge in [-0.2, -0.15) is 13.2 Å². The van der Waals surface area contributed by atoms with Gasteiger partial charge in [-0.15, -0.1) is 0 Å². The maximum atomic E-state index is 13.1. The van der Waals surface area contributed by atoms with Crippen LogP contribution in [0.25, 0.3) is 0 Å². The third-order valence-electron chi connectivity index (χ3n) is 4.09. The van der Waals surface area contributed by atoms with Gasteiger partial charge in [0.25, 0.3) is 0 Å². The summed E-state index contributed by atoms with van der Waals surface area (Å²) in [5, 5.41) is 2.78. The van der Waals surface area contributed by atoms with Crippen LogP contribution < -0.4 is 15.9 Å². The Balaban J connectivity index is 2.24. The molecule has 5 heteroatoms. The molecule has 3 aromatic carbocycles. The molecule has 0 saturated carbocycles. The van der Waals surface area contributed by atoms with Crippen molar-refractivity contribution < 1.29 is 13.2 Å². The highest BCUT2D eigenvalue weighted by molar-refractivity contribution is 8.16. The van der Waals surface area contributed by atoms with E-state index in [4.69, 9.17) is 0 Å². The summed E-state index contributed by atoms with van der Waals surface area (Å²) in [6.07, 6.45) is -5.15. The molecule has 25 heavy (non-hydrogen) atoms. The fourth-order valence-electron chi connectivity index (χ4n) is 2.99. The second kappa shape index (κ2) is 7.45. The standard InChI is InChI=1S/C20H17BF3P/c22-20(23,24)16-21-25(17-10-4-1-5-11-17,18-12-6-2-7-13-18)19-14-8-3-9-15-19/h1-15H,16H2/q+1. The van der Waals surface area contributed by atoms with Crippen molar-refractivity contribution in [2.75, 3.05) is 0 Å². The van der Waals surface area contributed by atoms with E-state index >= 15 is 0 Å². The SMILES string of the molecule is FC(F)(F)C[B][P+](c1ccccc1)(c1ccccc1)c1ccccc1. The van der Waals surface area contributed by atoms with Crippen LogP contribution in [-0.2, 0) is 0 Å². The molecular weight excluding hydrogens is 339 g/mol. The summed E-state index contributed by atoms with van der Waals surface area (Å²) in [7, 11) is -2.49. The predicted molar refractivity (Wildman–Crippen MR) is 102 cm³/mol. The number of alkyl halides is 3. The maximum absolute atomic E-state index is 13.1. The van der Waals surface area contributed by atoms with E-state index in [1.54, 1.807) is 0 Å². The molecule has 0 N–H and O–H groups in total. The van der Waals surface area contributed by atoms with Gasteiger partial charge in [-0.3, -0.25) is 0 Å². The second-order valence-electron chi connectivity index (χ2n) is 5.73. The molecule has 0 unspecified atom stereocenters. The molecule has 0 fully saturated rings. The van der Waals surface area contributed by atoms with E-state index in [9.17, 15) is 13.2 Å². The van der Waals surface area contributed by atoms with Crippen molar-refractivity contribution in [2.24, 2.45) is 0 Å². The lowest BCUT2D eigenvalue weighted by Crippen LogP contribution is -2.36. The van der Waals surface area contributed by atoms with E-state index in [1.165, 1.54) is 7.00 Å². The van der Waals surface area contributed by atoms with Gasteiger partial charge in [0.2, 0.25) is 0 Å². The quantitative estimate of drug-likeness (QED) is 0.464. The van der Waals surface area contributed by atoms with Crippen LogP contribution in [0.5, 0.6) is 0 Å². The summed E-state index contributed by atoms with van der Waals surface area (Å²) in [6.45, 7) is 1.49. The average molecular weight is 356 g/mol. The molecule has 1 radical (unpaired) electrons. The molecule has 3 rings (SSSR count). The molecule has 3 aromatic rings. The first-order valence-electron chi connectivity index (χ1n) is 7.99. The number of benzene rings is 3. The number of hydrogen-bond donors (Lipinski definition) is 0. The first-order valence-corrected chi connectivity index (χ1v) is 9.85. The molecule has 0 aliphatic carbocycles. The highest BCUT2D eigenvalue weighted by Gasteiger charge is 2.49. The van der Waals surface area contributed by atoms with Crippen LogP contribution >= 0.6 is 7.14 Å². The van der Waals surface area contributed by atoms with Crippen LogP contribution in [0.1, 0.15) is 0 Å². The van der Waals surface area contributed by atoms with Crippen LogP contribution in [0, 0.1) is 0 Å². The van der Waals surface area contributed by atoms with Gasteiger partial charge in [-0.1, -0.05) is 54.6 Å². The summed E-state index contributed by atoms with van der Waals surface area (Å²) >= 11 is 0. The summed E-state index contributed by atoms with van der Waals surface area (Å²) in [5.74, 6) is 0. The minimum Gasteiger partial charge on any atom is -0.172 e. The van der Waals surface area contributed by atoms with E-state index in [2.05, 4.69) is 0 Å². The third-order valence-corrected chi connectivity index (χ3v) is 8.16. The zero-order valence-electron chi connectivity index (χ0n) is 13.5. The Morgan fingerprint density at radius 1 is 0.600 bits per heavy atom. The van der Waals surface area contributed by atoms with Crippen molar-refractivity contribution in [3.8, 4) is 0 Å².